The molecule has 9 nitrogen and oxygen atoms in total. The topological polar surface area (TPSA) is 106 Å². The highest BCUT2D eigenvalue weighted by Crippen LogP contribution is 2.23. The molecule has 2 heterocycles. The predicted octanol–water partition coefficient (Wildman–Crippen LogP) is 3.28. The molecule has 1 aliphatic rings. The van der Waals surface area contributed by atoms with E-state index in [-0.39, 0.29) is 36.1 Å². The Balaban J connectivity index is 1.30. The van der Waals surface area contributed by atoms with Gasteiger partial charge in [-0.1, -0.05) is 6.07 Å². The maximum absolute atomic E-state index is 13.0. The van der Waals surface area contributed by atoms with E-state index in [0.29, 0.717) is 25.4 Å². The second-order valence-electron chi connectivity index (χ2n) is 7.41. The highest BCUT2D eigenvalue weighted by molar-refractivity contribution is 7.89. The predicted molar refractivity (Wildman–Crippen MR) is 120 cm³/mol. The summed E-state index contributed by atoms with van der Waals surface area (Å²) in [7, 11) is -3.80. The Bertz CT molecular complexity index is 1230. The van der Waals surface area contributed by atoms with Crippen LogP contribution in [0.4, 0.5) is 10.1 Å². The number of hydrogen-bond acceptors (Lipinski definition) is 8. The van der Waals surface area contributed by atoms with E-state index in [1.807, 2.05) is 5.38 Å². The van der Waals surface area contributed by atoms with Crippen molar-refractivity contribution in [3.63, 3.8) is 0 Å². The van der Waals surface area contributed by atoms with E-state index < -0.39 is 14.9 Å². The fourth-order valence-electron chi connectivity index (χ4n) is 3.43. The van der Waals surface area contributed by atoms with Gasteiger partial charge in [-0.25, -0.2) is 17.8 Å². The lowest BCUT2D eigenvalue weighted by atomic mass is 10.3. The van der Waals surface area contributed by atoms with E-state index >= 15 is 0 Å². The van der Waals surface area contributed by atoms with E-state index in [1.54, 1.807) is 12.1 Å². The first-order chi connectivity index (χ1) is 15.8. The van der Waals surface area contributed by atoms with E-state index in [4.69, 9.17) is 4.74 Å². The van der Waals surface area contributed by atoms with Crippen LogP contribution in [-0.4, -0.2) is 53.7 Å². The van der Waals surface area contributed by atoms with Gasteiger partial charge in [-0.05, 0) is 30.3 Å². The number of benzene rings is 2. The number of nitro groups is 1. The molecule has 0 amide bonds. The minimum Gasteiger partial charge on any atom is -0.486 e. The molecule has 1 saturated heterocycles. The van der Waals surface area contributed by atoms with E-state index in [0.717, 1.165) is 16.8 Å². The number of ether oxygens (including phenoxy) is 1. The molecule has 0 N–H and O–H groups in total. The molecule has 0 saturated carbocycles. The van der Waals surface area contributed by atoms with Gasteiger partial charge in [0.2, 0.25) is 10.0 Å². The smallest absolute Gasteiger partial charge is 0.270 e. The van der Waals surface area contributed by atoms with Gasteiger partial charge in [0.05, 0.1) is 15.5 Å². The van der Waals surface area contributed by atoms with Crippen LogP contribution >= 0.6 is 11.3 Å². The zero-order valence-electron chi connectivity index (χ0n) is 17.5. The normalized spacial score (nSPS) is 15.4. The zero-order chi connectivity index (χ0) is 23.4. The molecule has 4 rings (SSSR count). The molecule has 0 atom stereocenters. The molecule has 1 aromatic heterocycles. The number of aromatic nitrogens is 1. The molecule has 2 aromatic carbocycles. The first kappa shape index (κ1) is 23.2. The second kappa shape index (κ2) is 9.91. The summed E-state index contributed by atoms with van der Waals surface area (Å²) in [4.78, 5) is 17.0. The van der Waals surface area contributed by atoms with Gasteiger partial charge in [-0.2, -0.15) is 4.31 Å². The number of sulfonamides is 1. The molecule has 12 heteroatoms. The van der Waals surface area contributed by atoms with Crippen molar-refractivity contribution in [1.82, 2.24) is 14.2 Å². The monoisotopic (exact) mass is 492 g/mol. The summed E-state index contributed by atoms with van der Waals surface area (Å²) in [5.74, 6) is 0.242. The Labute approximate surface area is 194 Å². The van der Waals surface area contributed by atoms with Gasteiger partial charge < -0.3 is 4.74 Å². The van der Waals surface area contributed by atoms with Gasteiger partial charge in [0.15, 0.2) is 0 Å². The van der Waals surface area contributed by atoms with Crippen molar-refractivity contribution in [1.29, 1.82) is 0 Å². The van der Waals surface area contributed by atoms with Crippen molar-refractivity contribution < 1.29 is 22.5 Å². The molecule has 0 aliphatic carbocycles. The zero-order valence-corrected chi connectivity index (χ0v) is 19.1. The summed E-state index contributed by atoms with van der Waals surface area (Å²) < 4.78 is 45.7. The minimum absolute atomic E-state index is 0.0737. The van der Waals surface area contributed by atoms with Crippen LogP contribution in [0.5, 0.6) is 5.75 Å². The van der Waals surface area contributed by atoms with E-state index in [1.165, 1.54) is 46.0 Å². The molecule has 0 radical (unpaired) electrons. The fraction of sp³-hybridized carbons (Fsp3) is 0.286. The SMILES string of the molecule is O=[N+]([O-])c1cccc(S(=O)(=O)N2CCN(Cc3csc(COc4ccc(F)cc4)n3)CC2)c1. The molecule has 0 bridgehead atoms. The average molecular weight is 493 g/mol. The molecule has 1 aliphatic heterocycles. The van der Waals surface area contributed by atoms with Crippen molar-refractivity contribution >= 4 is 27.0 Å². The first-order valence-corrected chi connectivity index (χ1v) is 12.4. The summed E-state index contributed by atoms with van der Waals surface area (Å²) in [6, 6.07) is 10.9. The van der Waals surface area contributed by atoms with Crippen molar-refractivity contribution in [2.75, 3.05) is 26.2 Å². The molecular formula is C21H21FN4O5S2. The van der Waals surface area contributed by atoms with E-state index in [2.05, 4.69) is 9.88 Å². The van der Waals surface area contributed by atoms with Crippen LogP contribution < -0.4 is 4.74 Å². The van der Waals surface area contributed by atoms with Crippen LogP contribution in [0.25, 0.3) is 0 Å². The van der Waals surface area contributed by atoms with Gasteiger partial charge in [-0.15, -0.1) is 11.3 Å². The lowest BCUT2D eigenvalue weighted by Crippen LogP contribution is -2.48. The third-order valence-corrected chi connectivity index (χ3v) is 7.92. The maximum Gasteiger partial charge on any atom is 0.270 e. The average Bonchev–Trinajstić information content (AvgIpc) is 3.26. The van der Waals surface area contributed by atoms with Crippen molar-refractivity contribution in [2.45, 2.75) is 18.0 Å². The van der Waals surface area contributed by atoms with E-state index in [9.17, 15) is 22.9 Å². The highest BCUT2D eigenvalue weighted by atomic mass is 32.2. The van der Waals surface area contributed by atoms with Gasteiger partial charge in [0, 0.05) is 50.2 Å². The molecule has 0 unspecified atom stereocenters. The Morgan fingerprint density at radius 2 is 1.85 bits per heavy atom. The van der Waals surface area contributed by atoms with Crippen LogP contribution in [0.15, 0.2) is 58.8 Å². The largest absolute Gasteiger partial charge is 0.486 e. The van der Waals surface area contributed by atoms with Crippen LogP contribution in [0.1, 0.15) is 10.7 Å². The Hall–Kier alpha value is -2.93. The number of thiazole rings is 1. The van der Waals surface area contributed by atoms with Crippen LogP contribution in [0.3, 0.4) is 0 Å². The molecule has 0 spiro atoms. The lowest BCUT2D eigenvalue weighted by Gasteiger charge is -2.33. The molecular weight excluding hydrogens is 471 g/mol. The Morgan fingerprint density at radius 1 is 1.12 bits per heavy atom. The Kier molecular flexibility index (Phi) is 6.98. The molecule has 3 aromatic rings. The van der Waals surface area contributed by atoms with Gasteiger partial charge in [0.25, 0.3) is 5.69 Å². The van der Waals surface area contributed by atoms with Crippen LogP contribution in [-0.2, 0) is 23.2 Å². The maximum atomic E-state index is 13.0. The van der Waals surface area contributed by atoms with Crippen LogP contribution in [0.2, 0.25) is 0 Å². The quantitative estimate of drug-likeness (QED) is 0.351. The fourth-order valence-corrected chi connectivity index (χ4v) is 5.59. The van der Waals surface area contributed by atoms with Crippen molar-refractivity contribution in [3.05, 3.63) is 80.5 Å². The third kappa shape index (κ3) is 5.71. The number of hydrogen-bond donors (Lipinski definition) is 0. The molecule has 174 valence electrons. The highest BCUT2D eigenvalue weighted by Gasteiger charge is 2.29. The Morgan fingerprint density at radius 3 is 2.55 bits per heavy atom. The standard InChI is InChI=1S/C21H21FN4O5S2/c22-16-4-6-19(7-5-16)31-14-21-23-17(15-32-21)13-24-8-10-25(11-9-24)33(29,30)20-3-1-2-18(12-20)26(27)28/h1-7,12,15H,8-11,13-14H2. The number of piperazine rings is 1. The van der Waals surface area contributed by atoms with Gasteiger partial charge in [-0.3, -0.25) is 15.0 Å². The van der Waals surface area contributed by atoms with Crippen LogP contribution in [0, 0.1) is 15.9 Å². The van der Waals surface area contributed by atoms with Crippen molar-refractivity contribution in [3.8, 4) is 5.75 Å². The number of nitrogens with zero attached hydrogens (tertiary/aromatic N) is 4. The molecule has 33 heavy (non-hydrogen) atoms. The summed E-state index contributed by atoms with van der Waals surface area (Å²) in [5, 5.41) is 13.7. The summed E-state index contributed by atoms with van der Waals surface area (Å²) in [6.07, 6.45) is 0. The number of halogens is 1. The summed E-state index contributed by atoms with van der Waals surface area (Å²) in [5.41, 5.74) is 0.616. The summed E-state index contributed by atoms with van der Waals surface area (Å²) >= 11 is 1.47. The number of nitro benzene ring substituents is 1. The second-order valence-corrected chi connectivity index (χ2v) is 10.3. The van der Waals surface area contributed by atoms with Gasteiger partial charge >= 0.3 is 0 Å². The number of non-ortho nitro benzene ring substituents is 1. The minimum atomic E-state index is -3.80. The number of rotatable bonds is 8. The van der Waals surface area contributed by atoms with Crippen molar-refractivity contribution in [2.24, 2.45) is 0 Å². The lowest BCUT2D eigenvalue weighted by molar-refractivity contribution is -0.385. The third-order valence-electron chi connectivity index (χ3n) is 5.16. The van der Waals surface area contributed by atoms with Gasteiger partial charge in [0.1, 0.15) is 23.2 Å². The first-order valence-electron chi connectivity index (χ1n) is 10.1. The summed E-state index contributed by atoms with van der Waals surface area (Å²) in [6.45, 7) is 2.48. The molecule has 1 fully saturated rings.